The van der Waals surface area contributed by atoms with Crippen molar-refractivity contribution in [3.8, 4) is 0 Å². The summed E-state index contributed by atoms with van der Waals surface area (Å²) in [7, 11) is 3.86. The van der Waals surface area contributed by atoms with Crippen LogP contribution in [0.3, 0.4) is 0 Å². The summed E-state index contributed by atoms with van der Waals surface area (Å²) in [6.07, 6.45) is 3.42. The van der Waals surface area contributed by atoms with Gasteiger partial charge in [0.1, 0.15) is 0 Å². The molecule has 0 atom stereocenters. The summed E-state index contributed by atoms with van der Waals surface area (Å²) in [5, 5.41) is 2.97. The number of amides is 2. The number of hydrogen-bond donors (Lipinski definition) is 1. The highest BCUT2D eigenvalue weighted by Crippen LogP contribution is 2.22. The minimum atomic E-state index is -0.0200. The molecule has 19 heavy (non-hydrogen) atoms. The molecule has 0 aromatic carbocycles. The summed E-state index contributed by atoms with van der Waals surface area (Å²) in [4.78, 5) is 20.5. The van der Waals surface area contributed by atoms with Crippen LogP contribution < -0.4 is 10.2 Å². The molecule has 5 nitrogen and oxygen atoms in total. The molecular formula is C14H22N4O. The number of likely N-dealkylation sites (tertiary alicyclic amines) is 1. The predicted molar refractivity (Wildman–Crippen MR) is 77.7 cm³/mol. The van der Waals surface area contributed by atoms with Gasteiger partial charge < -0.3 is 15.1 Å². The highest BCUT2D eigenvalue weighted by molar-refractivity contribution is 5.92. The molecule has 2 amide bonds. The number of nitrogens with one attached hydrogen (secondary N) is 1. The molecule has 0 aliphatic carbocycles. The van der Waals surface area contributed by atoms with Crippen molar-refractivity contribution >= 4 is 17.5 Å². The first kappa shape index (κ1) is 13.6. The average Bonchev–Trinajstić information content (AvgIpc) is 2.41. The van der Waals surface area contributed by atoms with E-state index in [0.29, 0.717) is 0 Å². The van der Waals surface area contributed by atoms with Gasteiger partial charge in [-0.1, -0.05) is 0 Å². The summed E-state index contributed by atoms with van der Waals surface area (Å²) in [5.74, 6) is 0.797. The fourth-order valence-electron chi connectivity index (χ4n) is 2.27. The van der Waals surface area contributed by atoms with E-state index in [9.17, 15) is 4.79 Å². The van der Waals surface area contributed by atoms with Crippen molar-refractivity contribution in [1.82, 2.24) is 9.88 Å². The molecule has 0 spiro atoms. The first-order valence-electron chi connectivity index (χ1n) is 6.79. The predicted octanol–water partition coefficient (Wildman–Crippen LogP) is 2.47. The van der Waals surface area contributed by atoms with Gasteiger partial charge >= 0.3 is 6.03 Å². The number of carbonyl (C=O) groups excluding carboxylic acids is 1. The number of aryl methyl sites for hydroxylation is 1. The molecule has 2 rings (SSSR count). The van der Waals surface area contributed by atoms with E-state index in [0.717, 1.165) is 43.1 Å². The van der Waals surface area contributed by atoms with Gasteiger partial charge in [0, 0.05) is 32.9 Å². The molecule has 0 unspecified atom stereocenters. The molecule has 0 bridgehead atoms. The smallest absolute Gasteiger partial charge is 0.321 e. The minimum absolute atomic E-state index is 0.0200. The fourth-order valence-corrected chi connectivity index (χ4v) is 2.27. The zero-order chi connectivity index (χ0) is 13.8. The van der Waals surface area contributed by atoms with Gasteiger partial charge in [0.15, 0.2) is 5.82 Å². The Morgan fingerprint density at radius 3 is 2.58 bits per heavy atom. The molecule has 1 aromatic rings. The van der Waals surface area contributed by atoms with E-state index in [1.165, 1.54) is 6.42 Å². The van der Waals surface area contributed by atoms with Crippen molar-refractivity contribution in [3.63, 3.8) is 0 Å². The Kier molecular flexibility index (Phi) is 4.24. The van der Waals surface area contributed by atoms with Gasteiger partial charge in [0.25, 0.3) is 0 Å². The number of carbonyl (C=O) groups is 1. The quantitative estimate of drug-likeness (QED) is 0.890. The van der Waals surface area contributed by atoms with Gasteiger partial charge in [-0.2, -0.15) is 0 Å². The summed E-state index contributed by atoms with van der Waals surface area (Å²) in [5.41, 5.74) is 1.71. The van der Waals surface area contributed by atoms with Crippen molar-refractivity contribution in [1.29, 1.82) is 0 Å². The lowest BCUT2D eigenvalue weighted by Crippen LogP contribution is -2.39. The van der Waals surface area contributed by atoms with Crippen LogP contribution in [0.15, 0.2) is 12.1 Å². The summed E-state index contributed by atoms with van der Waals surface area (Å²) in [6.45, 7) is 3.65. The van der Waals surface area contributed by atoms with Crippen LogP contribution in [0.2, 0.25) is 0 Å². The lowest BCUT2D eigenvalue weighted by Gasteiger charge is -2.27. The number of pyridine rings is 1. The lowest BCUT2D eigenvalue weighted by atomic mass is 10.1. The van der Waals surface area contributed by atoms with Crippen molar-refractivity contribution in [2.75, 3.05) is 37.4 Å². The van der Waals surface area contributed by atoms with Gasteiger partial charge in [-0.3, -0.25) is 0 Å². The van der Waals surface area contributed by atoms with Crippen LogP contribution in [-0.4, -0.2) is 43.1 Å². The summed E-state index contributed by atoms with van der Waals surface area (Å²) >= 11 is 0. The maximum Gasteiger partial charge on any atom is 0.321 e. The van der Waals surface area contributed by atoms with E-state index < -0.39 is 0 Å². The second-order valence-corrected chi connectivity index (χ2v) is 5.20. The Morgan fingerprint density at radius 1 is 1.26 bits per heavy atom. The molecule has 2 heterocycles. The zero-order valence-corrected chi connectivity index (χ0v) is 11.9. The van der Waals surface area contributed by atoms with Crippen molar-refractivity contribution in [2.24, 2.45) is 0 Å². The molecule has 1 aliphatic heterocycles. The van der Waals surface area contributed by atoms with E-state index in [1.54, 1.807) is 0 Å². The van der Waals surface area contributed by atoms with Crippen LogP contribution in [0.1, 0.15) is 25.0 Å². The third kappa shape index (κ3) is 3.36. The number of rotatable bonds is 2. The molecule has 1 fully saturated rings. The highest BCUT2D eigenvalue weighted by Gasteiger charge is 2.18. The second kappa shape index (κ2) is 5.91. The lowest BCUT2D eigenvalue weighted by molar-refractivity contribution is 0.200. The zero-order valence-electron chi connectivity index (χ0n) is 11.9. The van der Waals surface area contributed by atoms with Crippen molar-refractivity contribution in [2.45, 2.75) is 26.2 Å². The van der Waals surface area contributed by atoms with Crippen LogP contribution in [0.25, 0.3) is 0 Å². The normalized spacial score (nSPS) is 15.2. The Morgan fingerprint density at radius 2 is 1.95 bits per heavy atom. The first-order valence-corrected chi connectivity index (χ1v) is 6.79. The summed E-state index contributed by atoms with van der Waals surface area (Å²) < 4.78 is 0. The van der Waals surface area contributed by atoms with Crippen LogP contribution in [-0.2, 0) is 0 Å². The van der Waals surface area contributed by atoms with Crippen LogP contribution in [0.4, 0.5) is 16.3 Å². The van der Waals surface area contributed by atoms with Gasteiger partial charge in [-0.05, 0) is 38.3 Å². The topological polar surface area (TPSA) is 48.5 Å². The standard InChI is InChI=1S/C14H22N4O/c1-11-7-8-12(13(15-11)17(2)3)16-14(19)18-9-5-4-6-10-18/h7-8H,4-6,9-10H2,1-3H3,(H,16,19). The number of urea groups is 1. The molecule has 0 radical (unpaired) electrons. The van der Waals surface area contributed by atoms with Crippen LogP contribution in [0.5, 0.6) is 0 Å². The molecule has 1 N–H and O–H groups in total. The molecule has 0 saturated carbocycles. The largest absolute Gasteiger partial charge is 0.361 e. The van der Waals surface area contributed by atoms with E-state index in [2.05, 4.69) is 10.3 Å². The highest BCUT2D eigenvalue weighted by atomic mass is 16.2. The van der Waals surface area contributed by atoms with Crippen molar-refractivity contribution in [3.05, 3.63) is 17.8 Å². The summed E-state index contributed by atoms with van der Waals surface area (Å²) in [6, 6.07) is 3.81. The number of hydrogen-bond acceptors (Lipinski definition) is 3. The number of anilines is 2. The Balaban J connectivity index is 2.11. The Labute approximate surface area is 114 Å². The van der Waals surface area contributed by atoms with E-state index >= 15 is 0 Å². The van der Waals surface area contributed by atoms with Crippen LogP contribution >= 0.6 is 0 Å². The van der Waals surface area contributed by atoms with Gasteiger partial charge in [-0.15, -0.1) is 0 Å². The SMILES string of the molecule is Cc1ccc(NC(=O)N2CCCCC2)c(N(C)C)n1. The Bertz CT molecular complexity index is 453. The van der Waals surface area contributed by atoms with Gasteiger partial charge in [-0.25, -0.2) is 9.78 Å². The molecule has 104 valence electrons. The average molecular weight is 262 g/mol. The van der Waals surface area contributed by atoms with Crippen molar-refractivity contribution < 1.29 is 4.79 Å². The molecule has 1 aromatic heterocycles. The number of aromatic nitrogens is 1. The fraction of sp³-hybridized carbons (Fsp3) is 0.571. The molecule has 1 saturated heterocycles. The van der Waals surface area contributed by atoms with Crippen LogP contribution in [0, 0.1) is 6.92 Å². The van der Waals surface area contributed by atoms with E-state index in [1.807, 2.05) is 43.0 Å². The van der Waals surface area contributed by atoms with Gasteiger partial charge in [0.2, 0.25) is 0 Å². The maximum atomic E-state index is 12.2. The minimum Gasteiger partial charge on any atom is -0.361 e. The van der Waals surface area contributed by atoms with E-state index in [4.69, 9.17) is 0 Å². The third-order valence-corrected chi connectivity index (χ3v) is 3.32. The van der Waals surface area contributed by atoms with Gasteiger partial charge in [0.05, 0.1) is 5.69 Å². The second-order valence-electron chi connectivity index (χ2n) is 5.20. The molecule has 5 heteroatoms. The first-order chi connectivity index (χ1) is 9.08. The maximum absolute atomic E-state index is 12.2. The monoisotopic (exact) mass is 262 g/mol. The Hall–Kier alpha value is -1.78. The number of nitrogens with zero attached hydrogens (tertiary/aromatic N) is 3. The van der Waals surface area contributed by atoms with E-state index in [-0.39, 0.29) is 6.03 Å². The molecule has 1 aliphatic rings. The molecular weight excluding hydrogens is 240 g/mol. The third-order valence-electron chi connectivity index (χ3n) is 3.32. The number of piperidine rings is 1.